The van der Waals surface area contributed by atoms with Crippen LogP contribution in [0.5, 0.6) is 34.5 Å². The second-order valence-corrected chi connectivity index (χ2v) is 16.0. The summed E-state index contributed by atoms with van der Waals surface area (Å²) < 4.78 is 67.5. The lowest BCUT2D eigenvalue weighted by atomic mass is 9.98. The van der Waals surface area contributed by atoms with Crippen molar-refractivity contribution in [3.63, 3.8) is 0 Å². The van der Waals surface area contributed by atoms with E-state index in [2.05, 4.69) is 0 Å². The molecule has 1 aliphatic rings. The molecule has 0 unspecified atom stereocenters. The number of hydrogen-bond acceptors (Lipinski definition) is 22. The number of esters is 9. The zero-order valence-electron chi connectivity index (χ0n) is 41.0. The van der Waals surface area contributed by atoms with E-state index in [1.54, 1.807) is 12.1 Å². The van der Waals surface area contributed by atoms with Gasteiger partial charge in [-0.1, -0.05) is 24.3 Å². The Hall–Kier alpha value is -9.44. The molecule has 0 N–H and O–H groups in total. The van der Waals surface area contributed by atoms with Crippen LogP contribution in [0.15, 0.2) is 106 Å². The summed E-state index contributed by atoms with van der Waals surface area (Å²) >= 11 is 0. The lowest BCUT2D eigenvalue weighted by Crippen LogP contribution is -2.63. The predicted molar refractivity (Wildman–Crippen MR) is 257 cm³/mol. The van der Waals surface area contributed by atoms with Crippen molar-refractivity contribution in [1.29, 1.82) is 0 Å². The van der Waals surface area contributed by atoms with E-state index in [9.17, 15) is 47.9 Å². The summed E-state index contributed by atoms with van der Waals surface area (Å²) in [6, 6.07) is 19.7. The second kappa shape index (κ2) is 24.8. The molecule has 22 heteroatoms. The van der Waals surface area contributed by atoms with E-state index in [0.717, 1.165) is 52.0 Å². The second-order valence-electron chi connectivity index (χ2n) is 16.0. The van der Waals surface area contributed by atoms with Gasteiger partial charge in [-0.3, -0.25) is 38.4 Å². The summed E-state index contributed by atoms with van der Waals surface area (Å²) in [5.74, 6) is -8.73. The molecule has 0 bridgehead atoms. The topological polar surface area (TPSA) is 285 Å². The lowest BCUT2D eigenvalue weighted by Gasteiger charge is -2.43. The van der Waals surface area contributed by atoms with E-state index >= 15 is 0 Å². The maximum Gasteiger partial charge on any atom is 0.331 e. The van der Waals surface area contributed by atoms with Crippen LogP contribution in [0.2, 0.25) is 0 Å². The van der Waals surface area contributed by atoms with Crippen molar-refractivity contribution in [3.05, 3.63) is 118 Å². The van der Waals surface area contributed by atoms with Gasteiger partial charge in [-0.25, -0.2) is 9.59 Å². The molecule has 22 nitrogen and oxygen atoms in total. The van der Waals surface area contributed by atoms with Crippen molar-refractivity contribution in [1.82, 2.24) is 0 Å². The fraction of sp³-hybridized carbons (Fsp3) is 0.245. The molecule has 1 aromatic heterocycles. The third-order valence-electron chi connectivity index (χ3n) is 9.96. The van der Waals surface area contributed by atoms with Gasteiger partial charge in [-0.05, 0) is 71.8 Å². The van der Waals surface area contributed by atoms with E-state index in [-0.39, 0.29) is 34.1 Å². The van der Waals surface area contributed by atoms with Gasteiger partial charge in [0.25, 0.3) is 0 Å². The molecule has 390 valence electrons. The maximum atomic E-state index is 14.9. The van der Waals surface area contributed by atoms with E-state index in [4.69, 9.17) is 56.5 Å². The molecule has 2 heterocycles. The van der Waals surface area contributed by atoms with Gasteiger partial charge in [0.2, 0.25) is 23.6 Å². The highest BCUT2D eigenvalue weighted by Crippen LogP contribution is 2.39. The fourth-order valence-corrected chi connectivity index (χ4v) is 7.19. The zero-order valence-corrected chi connectivity index (χ0v) is 41.0. The Bertz CT molecular complexity index is 3130. The summed E-state index contributed by atoms with van der Waals surface area (Å²) in [6.45, 7) is 6.94. The monoisotopic (exact) mass is 1030 g/mol. The molecule has 6 rings (SSSR count). The molecule has 5 atom stereocenters. The van der Waals surface area contributed by atoms with Crippen LogP contribution in [0.1, 0.15) is 59.6 Å². The standard InChI is InChI=1S/C53H46O22/c1-27(54)65-37-16-8-34(9-17-37)12-22-44(61)64-26-43-49(74-45(62)23-13-35-10-18-38(19-11-35)66-28(2)55)51(70-32(6)59)52(71-33(7)60)53(73-43)75-50-47(63)46-41(69-31(5)58)24-40(68-30(4)57)25-42(46)72-48(50)36-14-20-39(21-15-36)67-29(3)56/h8-25,43,49,51-53H,26H2,1-7H3/b22-12+,23-13-/t43-,49-,51+,52-,53+/m1/s1. The first-order valence-corrected chi connectivity index (χ1v) is 22.4. The highest BCUT2D eigenvalue weighted by molar-refractivity contribution is 5.91. The highest BCUT2D eigenvalue weighted by atomic mass is 16.7. The summed E-state index contributed by atoms with van der Waals surface area (Å²) in [5.41, 5.74) is -0.382. The van der Waals surface area contributed by atoms with Gasteiger partial charge in [0.05, 0.1) is 0 Å². The van der Waals surface area contributed by atoms with E-state index in [1.807, 2.05) is 0 Å². The Morgan fingerprint density at radius 1 is 0.507 bits per heavy atom. The van der Waals surface area contributed by atoms with E-state index in [0.29, 0.717) is 11.1 Å². The van der Waals surface area contributed by atoms with Crippen LogP contribution >= 0.6 is 0 Å². The fourth-order valence-electron chi connectivity index (χ4n) is 7.19. The molecule has 4 aromatic carbocycles. The number of benzene rings is 4. The number of ether oxygens (including phenoxy) is 11. The number of fused-ring (bicyclic) bond motifs is 1. The Kier molecular flexibility index (Phi) is 18.1. The van der Waals surface area contributed by atoms with Crippen molar-refractivity contribution in [2.75, 3.05) is 6.61 Å². The molecule has 0 spiro atoms. The first-order valence-electron chi connectivity index (χ1n) is 22.4. The lowest BCUT2D eigenvalue weighted by molar-refractivity contribution is -0.288. The molecule has 0 radical (unpaired) electrons. The SMILES string of the molecule is CC(=O)Oc1ccc(/C=C\C(=O)O[C@H]2[C@H](OC(C)=O)[C@@H](OC(C)=O)[C@H](Oc3c(-c4ccc(OC(C)=O)cc4)oc4cc(OC(C)=O)cc(OC(C)=O)c4c3=O)O[C@@H]2COC(=O)/C=C/c2ccc(OC(C)=O)cc2)cc1. The van der Waals surface area contributed by atoms with Crippen LogP contribution < -0.4 is 33.8 Å². The quantitative estimate of drug-likeness (QED) is 0.0451. The van der Waals surface area contributed by atoms with E-state index < -0.39 is 119 Å². The largest absolute Gasteiger partial charge is 0.460 e. The third kappa shape index (κ3) is 15.5. The van der Waals surface area contributed by atoms with Gasteiger partial charge in [0, 0.05) is 78.3 Å². The van der Waals surface area contributed by atoms with Crippen LogP contribution in [-0.4, -0.2) is 91.0 Å². The van der Waals surface area contributed by atoms with Gasteiger partial charge >= 0.3 is 53.7 Å². The van der Waals surface area contributed by atoms with Gasteiger partial charge in [-0.15, -0.1) is 0 Å². The van der Waals surface area contributed by atoms with Crippen molar-refractivity contribution >= 4 is 76.8 Å². The molecule has 0 aliphatic carbocycles. The van der Waals surface area contributed by atoms with Crippen LogP contribution in [0.3, 0.4) is 0 Å². The summed E-state index contributed by atoms with van der Waals surface area (Å²) in [7, 11) is 0. The minimum absolute atomic E-state index is 0.0705. The smallest absolute Gasteiger partial charge is 0.331 e. The first-order chi connectivity index (χ1) is 35.6. The average molecular weight is 1030 g/mol. The Morgan fingerprint density at radius 2 is 0.973 bits per heavy atom. The molecule has 0 amide bonds. The minimum Gasteiger partial charge on any atom is -0.460 e. The van der Waals surface area contributed by atoms with Crippen molar-refractivity contribution in [3.8, 4) is 45.8 Å². The molecule has 5 aromatic rings. The number of hydrogen-bond donors (Lipinski definition) is 0. The summed E-state index contributed by atoms with van der Waals surface area (Å²) in [5, 5.41) is -0.439. The maximum absolute atomic E-state index is 14.9. The van der Waals surface area contributed by atoms with Crippen molar-refractivity contribution < 1.29 is 99.7 Å². The first kappa shape index (κ1) is 54.9. The molecule has 0 saturated carbocycles. The minimum atomic E-state index is -2.05. The third-order valence-corrected chi connectivity index (χ3v) is 9.96. The Morgan fingerprint density at radius 3 is 1.47 bits per heavy atom. The van der Waals surface area contributed by atoms with Crippen molar-refractivity contribution in [2.24, 2.45) is 0 Å². The van der Waals surface area contributed by atoms with Crippen molar-refractivity contribution in [2.45, 2.75) is 79.2 Å². The molecule has 1 fully saturated rings. The number of carbonyl (C=O) groups is 9. The molecule has 1 aliphatic heterocycles. The normalized spacial score (nSPS) is 17.0. The molecular formula is C53H46O22. The molecule has 1 saturated heterocycles. The molecular weight excluding hydrogens is 989 g/mol. The average Bonchev–Trinajstić information content (AvgIpc) is 3.32. The van der Waals surface area contributed by atoms with Crippen LogP contribution in [0, 0.1) is 0 Å². The van der Waals surface area contributed by atoms with Gasteiger partial charge in [0.15, 0.2) is 18.0 Å². The number of rotatable bonds is 17. The highest BCUT2D eigenvalue weighted by Gasteiger charge is 2.54. The van der Waals surface area contributed by atoms with Crippen LogP contribution in [0.25, 0.3) is 34.4 Å². The Labute approximate surface area is 425 Å². The summed E-state index contributed by atoms with van der Waals surface area (Å²) in [6.07, 6.45) is -4.58. The zero-order chi connectivity index (χ0) is 54.5. The van der Waals surface area contributed by atoms with Crippen LogP contribution in [-0.2, 0) is 66.8 Å². The van der Waals surface area contributed by atoms with E-state index in [1.165, 1.54) is 93.6 Å². The van der Waals surface area contributed by atoms with Gasteiger partial charge in [0.1, 0.15) is 52.4 Å². The predicted octanol–water partition coefficient (Wildman–Crippen LogP) is 5.94. The summed E-state index contributed by atoms with van der Waals surface area (Å²) in [4.78, 5) is 127. The molecule has 75 heavy (non-hydrogen) atoms. The number of carbonyl (C=O) groups excluding carboxylic acids is 9. The van der Waals surface area contributed by atoms with Gasteiger partial charge in [-0.2, -0.15) is 0 Å². The van der Waals surface area contributed by atoms with Gasteiger partial charge < -0.3 is 56.5 Å². The van der Waals surface area contributed by atoms with Crippen LogP contribution in [0.4, 0.5) is 0 Å². The Balaban J connectivity index is 1.46.